The van der Waals surface area contributed by atoms with E-state index in [2.05, 4.69) is 38.8 Å². The highest BCUT2D eigenvalue weighted by Crippen LogP contribution is 2.18. The molecule has 0 aliphatic carbocycles. The van der Waals surface area contributed by atoms with Crippen LogP contribution in [0.3, 0.4) is 0 Å². The minimum atomic E-state index is -0.789. The molecule has 19 heavy (non-hydrogen) atoms. The lowest BCUT2D eigenvalue weighted by Gasteiger charge is -2.22. The topological polar surface area (TPSA) is 26.3 Å². The number of terminal acetylenes is 1. The van der Waals surface area contributed by atoms with Crippen molar-refractivity contribution >= 4 is 5.97 Å². The largest absolute Gasteiger partial charge is 0.446 e. The molecule has 0 heterocycles. The number of rotatable bonds is 7. The van der Waals surface area contributed by atoms with E-state index in [1.807, 2.05) is 0 Å². The summed E-state index contributed by atoms with van der Waals surface area (Å²) in [6.45, 7) is 9.50. The monoisotopic (exact) mass is 262 g/mol. The lowest BCUT2D eigenvalue weighted by Crippen LogP contribution is -2.28. The normalized spacial score (nSPS) is 14.2. The molecule has 2 nitrogen and oxygen atoms in total. The van der Waals surface area contributed by atoms with Gasteiger partial charge in [0.05, 0.1) is 0 Å². The van der Waals surface area contributed by atoms with Gasteiger partial charge in [0.15, 0.2) is 5.60 Å². The van der Waals surface area contributed by atoms with Crippen LogP contribution >= 0.6 is 0 Å². The Kier molecular flexibility index (Phi) is 7.91. The standard InChI is InChI=1S/C17H26O2/c1-7-17(6,19-16(5)18)13-9-12-15(4)11-8-10-14(2)3/h1,10,12H,8-9,11,13H2,2-6H3/b15-12+. The second-order valence-corrected chi connectivity index (χ2v) is 5.38. The van der Waals surface area contributed by atoms with E-state index in [4.69, 9.17) is 11.2 Å². The summed E-state index contributed by atoms with van der Waals surface area (Å²) in [5.41, 5.74) is 1.91. The van der Waals surface area contributed by atoms with Crippen molar-refractivity contribution in [2.45, 2.75) is 65.9 Å². The first-order valence-corrected chi connectivity index (χ1v) is 6.75. The number of carbonyl (C=O) groups excluding carboxylic acids is 1. The van der Waals surface area contributed by atoms with E-state index >= 15 is 0 Å². The molecular formula is C17H26O2. The summed E-state index contributed by atoms with van der Waals surface area (Å²) in [5.74, 6) is 2.23. The molecule has 0 aromatic rings. The van der Waals surface area contributed by atoms with E-state index < -0.39 is 5.60 Å². The molecule has 0 fully saturated rings. The van der Waals surface area contributed by atoms with Crippen molar-refractivity contribution < 1.29 is 9.53 Å². The quantitative estimate of drug-likeness (QED) is 0.386. The number of esters is 1. The fraction of sp³-hybridized carbons (Fsp3) is 0.588. The molecule has 0 saturated heterocycles. The predicted octanol–water partition coefficient (Wildman–Crippen LogP) is 4.41. The third-order valence-electron chi connectivity index (χ3n) is 2.88. The molecule has 106 valence electrons. The van der Waals surface area contributed by atoms with Gasteiger partial charge in [-0.1, -0.05) is 29.2 Å². The highest BCUT2D eigenvalue weighted by Gasteiger charge is 2.23. The number of allylic oxidation sites excluding steroid dienone is 4. The maximum absolute atomic E-state index is 11.0. The van der Waals surface area contributed by atoms with E-state index in [0.717, 1.165) is 19.3 Å². The van der Waals surface area contributed by atoms with Gasteiger partial charge in [-0.15, -0.1) is 6.42 Å². The molecule has 0 aromatic heterocycles. The first kappa shape index (κ1) is 17.5. The molecular weight excluding hydrogens is 236 g/mol. The van der Waals surface area contributed by atoms with Crippen LogP contribution in [0.4, 0.5) is 0 Å². The van der Waals surface area contributed by atoms with Gasteiger partial charge in [0.1, 0.15) is 0 Å². The third-order valence-corrected chi connectivity index (χ3v) is 2.88. The highest BCUT2D eigenvalue weighted by atomic mass is 16.6. The molecule has 1 unspecified atom stereocenters. The van der Waals surface area contributed by atoms with Gasteiger partial charge >= 0.3 is 5.97 Å². The van der Waals surface area contributed by atoms with E-state index in [1.54, 1.807) is 6.92 Å². The Morgan fingerprint density at radius 3 is 2.32 bits per heavy atom. The van der Waals surface area contributed by atoms with E-state index in [9.17, 15) is 4.79 Å². The zero-order valence-corrected chi connectivity index (χ0v) is 12.9. The number of carbonyl (C=O) groups is 1. The second-order valence-electron chi connectivity index (χ2n) is 5.38. The Balaban J connectivity index is 4.21. The maximum atomic E-state index is 11.0. The van der Waals surface area contributed by atoms with E-state index in [1.165, 1.54) is 18.1 Å². The molecule has 0 spiro atoms. The summed E-state index contributed by atoms with van der Waals surface area (Å²) >= 11 is 0. The summed E-state index contributed by atoms with van der Waals surface area (Å²) in [5, 5.41) is 0. The van der Waals surface area contributed by atoms with Gasteiger partial charge in [-0.25, -0.2) is 0 Å². The zero-order chi connectivity index (χ0) is 14.9. The van der Waals surface area contributed by atoms with Gasteiger partial charge < -0.3 is 4.74 Å². The molecule has 1 atom stereocenters. The summed E-state index contributed by atoms with van der Waals surface area (Å²) in [6.07, 6.45) is 13.5. The van der Waals surface area contributed by atoms with Crippen LogP contribution in [0.15, 0.2) is 23.3 Å². The van der Waals surface area contributed by atoms with Gasteiger partial charge in [-0.3, -0.25) is 4.79 Å². The van der Waals surface area contributed by atoms with Crippen molar-refractivity contribution in [2.75, 3.05) is 0 Å². The van der Waals surface area contributed by atoms with Crippen molar-refractivity contribution in [1.82, 2.24) is 0 Å². The van der Waals surface area contributed by atoms with Crippen LogP contribution in [0.25, 0.3) is 0 Å². The van der Waals surface area contributed by atoms with Crippen LogP contribution in [0.2, 0.25) is 0 Å². The minimum absolute atomic E-state index is 0.329. The lowest BCUT2D eigenvalue weighted by molar-refractivity contribution is -0.150. The Labute approximate surface area is 117 Å². The molecule has 0 bridgehead atoms. The lowest BCUT2D eigenvalue weighted by atomic mass is 9.99. The van der Waals surface area contributed by atoms with Crippen molar-refractivity contribution in [3.8, 4) is 12.3 Å². The Bertz CT molecular complexity index is 392. The number of hydrogen-bond donors (Lipinski definition) is 0. The van der Waals surface area contributed by atoms with E-state index in [-0.39, 0.29) is 5.97 Å². The average molecular weight is 262 g/mol. The van der Waals surface area contributed by atoms with Gasteiger partial charge in [0.25, 0.3) is 0 Å². The number of hydrogen-bond acceptors (Lipinski definition) is 2. The van der Waals surface area contributed by atoms with Crippen molar-refractivity contribution in [3.63, 3.8) is 0 Å². The molecule has 0 rings (SSSR count). The average Bonchev–Trinajstić information content (AvgIpc) is 2.27. The van der Waals surface area contributed by atoms with Crippen molar-refractivity contribution in [3.05, 3.63) is 23.3 Å². The fourth-order valence-corrected chi connectivity index (χ4v) is 1.75. The summed E-state index contributed by atoms with van der Waals surface area (Å²) in [7, 11) is 0. The van der Waals surface area contributed by atoms with E-state index in [0.29, 0.717) is 6.42 Å². The van der Waals surface area contributed by atoms with Gasteiger partial charge in [0, 0.05) is 13.3 Å². The maximum Gasteiger partial charge on any atom is 0.304 e. The van der Waals surface area contributed by atoms with Crippen LogP contribution in [-0.2, 0) is 9.53 Å². The molecule has 0 aliphatic heterocycles. The first-order valence-electron chi connectivity index (χ1n) is 6.75. The molecule has 0 saturated carbocycles. The second kappa shape index (κ2) is 8.58. The Morgan fingerprint density at radius 2 is 1.84 bits per heavy atom. The molecule has 0 radical (unpaired) electrons. The molecule has 2 heteroatoms. The predicted molar refractivity (Wildman–Crippen MR) is 80.7 cm³/mol. The van der Waals surface area contributed by atoms with Crippen LogP contribution in [-0.4, -0.2) is 11.6 Å². The van der Waals surface area contributed by atoms with Crippen molar-refractivity contribution in [1.29, 1.82) is 0 Å². The van der Waals surface area contributed by atoms with Gasteiger partial charge in [-0.05, 0) is 47.0 Å². The van der Waals surface area contributed by atoms with Gasteiger partial charge in [0.2, 0.25) is 0 Å². The smallest absolute Gasteiger partial charge is 0.304 e. The van der Waals surface area contributed by atoms with Crippen LogP contribution in [0.1, 0.15) is 60.3 Å². The highest BCUT2D eigenvalue weighted by molar-refractivity contribution is 5.67. The van der Waals surface area contributed by atoms with Crippen LogP contribution in [0.5, 0.6) is 0 Å². The molecule has 0 N–H and O–H groups in total. The molecule has 0 aromatic carbocycles. The first-order chi connectivity index (χ1) is 8.79. The summed E-state index contributed by atoms with van der Waals surface area (Å²) in [4.78, 5) is 11.0. The zero-order valence-electron chi connectivity index (χ0n) is 12.9. The minimum Gasteiger partial charge on any atom is -0.446 e. The fourth-order valence-electron chi connectivity index (χ4n) is 1.75. The van der Waals surface area contributed by atoms with Crippen LogP contribution < -0.4 is 0 Å². The third kappa shape index (κ3) is 9.13. The van der Waals surface area contributed by atoms with Crippen LogP contribution in [0, 0.1) is 12.3 Å². The summed E-state index contributed by atoms with van der Waals surface area (Å²) in [6, 6.07) is 0. The number of ether oxygens (including phenoxy) is 1. The van der Waals surface area contributed by atoms with Crippen molar-refractivity contribution in [2.24, 2.45) is 0 Å². The molecule has 0 aliphatic rings. The SMILES string of the molecule is C#CC(C)(CC/C=C(\C)CCC=C(C)C)OC(C)=O. The molecule has 0 amide bonds. The van der Waals surface area contributed by atoms with Gasteiger partial charge in [-0.2, -0.15) is 0 Å². The summed E-state index contributed by atoms with van der Waals surface area (Å²) < 4.78 is 5.17. The Morgan fingerprint density at radius 1 is 1.21 bits per heavy atom. The Hall–Kier alpha value is -1.49.